The third-order valence-electron chi connectivity index (χ3n) is 1.79. The number of nitrogens with zero attached hydrogens (tertiary/aromatic N) is 1. The van der Waals surface area contributed by atoms with Crippen LogP contribution in [-0.4, -0.2) is 4.98 Å². The first kappa shape index (κ1) is 10.1. The number of hydrogen-bond donors (Lipinski definition) is 0. The summed E-state index contributed by atoms with van der Waals surface area (Å²) in [5.74, 6) is 0. The van der Waals surface area contributed by atoms with Gasteiger partial charge in [-0.1, -0.05) is 23.2 Å². The molecule has 0 bridgehead atoms. The topological polar surface area (TPSA) is 12.9 Å². The molecule has 3 radical (unpaired) electrons. The normalized spacial score (nSPS) is 10.8. The van der Waals surface area contributed by atoms with E-state index in [1.165, 1.54) is 0 Å². The SMILES string of the molecule is [C]Sc1cc(Cl)cc2cc(Cl)cnc12. The molecule has 4 heteroatoms. The molecule has 0 amide bonds. The van der Waals surface area contributed by atoms with Crippen molar-refractivity contribution in [3.63, 3.8) is 0 Å². The summed E-state index contributed by atoms with van der Waals surface area (Å²) in [5, 5.41) is 2.02. The average Bonchev–Trinajstić information content (AvgIpc) is 2.15. The summed E-state index contributed by atoms with van der Waals surface area (Å²) in [6.45, 7) is 0. The average molecular weight is 241 g/mol. The largest absolute Gasteiger partial charge is 0.254 e. The van der Waals surface area contributed by atoms with Crippen molar-refractivity contribution in [1.82, 2.24) is 4.98 Å². The quantitative estimate of drug-likeness (QED) is 0.694. The molecule has 0 saturated carbocycles. The smallest absolute Gasteiger partial charge is 0.0840 e. The predicted octanol–water partition coefficient (Wildman–Crippen LogP) is 4.18. The van der Waals surface area contributed by atoms with Crippen molar-refractivity contribution in [1.29, 1.82) is 0 Å². The Kier molecular flexibility index (Phi) is 2.86. The summed E-state index contributed by atoms with van der Waals surface area (Å²) in [6.07, 6.45) is 8.83. The van der Waals surface area contributed by atoms with Gasteiger partial charge in [-0.15, -0.1) is 11.8 Å². The molecule has 1 nitrogen and oxygen atoms in total. The minimum atomic E-state index is 0.570. The van der Waals surface area contributed by atoms with Crippen molar-refractivity contribution in [2.75, 3.05) is 0 Å². The van der Waals surface area contributed by atoms with E-state index in [1.54, 1.807) is 24.4 Å². The Hall–Kier alpha value is -0.440. The second kappa shape index (κ2) is 3.97. The van der Waals surface area contributed by atoms with Gasteiger partial charge in [0.15, 0.2) is 0 Å². The second-order valence-corrected chi connectivity index (χ2v) is 4.25. The Labute approximate surface area is 96.4 Å². The van der Waals surface area contributed by atoms with Gasteiger partial charge in [-0.25, -0.2) is 0 Å². The van der Waals surface area contributed by atoms with Crippen molar-refractivity contribution in [2.24, 2.45) is 0 Å². The predicted molar refractivity (Wildman–Crippen MR) is 60.9 cm³/mol. The third-order valence-corrected chi connectivity index (χ3v) is 2.75. The van der Waals surface area contributed by atoms with Gasteiger partial charge in [0.1, 0.15) is 0 Å². The van der Waals surface area contributed by atoms with Gasteiger partial charge in [0.05, 0.1) is 16.8 Å². The molecule has 1 heterocycles. The van der Waals surface area contributed by atoms with E-state index in [4.69, 9.17) is 29.5 Å². The number of rotatable bonds is 1. The maximum atomic E-state index is 7.26. The van der Waals surface area contributed by atoms with Gasteiger partial charge in [0.25, 0.3) is 0 Å². The molecule has 2 aromatic rings. The highest BCUT2D eigenvalue weighted by Crippen LogP contribution is 2.30. The molecule has 0 N–H and O–H groups in total. The maximum Gasteiger partial charge on any atom is 0.0840 e. The fraction of sp³-hybridized carbons (Fsp3) is 0. The van der Waals surface area contributed by atoms with Crippen LogP contribution in [0.3, 0.4) is 0 Å². The Morgan fingerprint density at radius 1 is 1.14 bits per heavy atom. The van der Waals surface area contributed by atoms with Crippen molar-refractivity contribution >= 4 is 45.9 Å². The lowest BCUT2D eigenvalue weighted by atomic mass is 10.2. The van der Waals surface area contributed by atoms with Crippen LogP contribution in [0.15, 0.2) is 29.3 Å². The van der Waals surface area contributed by atoms with Crippen LogP contribution in [0.2, 0.25) is 10.0 Å². The fourth-order valence-corrected chi connectivity index (χ4v) is 2.14. The van der Waals surface area contributed by atoms with E-state index in [1.807, 2.05) is 0 Å². The van der Waals surface area contributed by atoms with Gasteiger partial charge in [0.2, 0.25) is 0 Å². The zero-order chi connectivity index (χ0) is 10.1. The highest BCUT2D eigenvalue weighted by molar-refractivity contribution is 8.00. The number of pyridine rings is 1. The molecule has 0 atom stereocenters. The van der Waals surface area contributed by atoms with Crippen LogP contribution in [-0.2, 0) is 0 Å². The molecule has 0 aliphatic rings. The van der Waals surface area contributed by atoms with Crippen LogP contribution >= 0.6 is 35.0 Å². The lowest BCUT2D eigenvalue weighted by Crippen LogP contribution is -1.82. The number of aromatic nitrogens is 1. The molecule has 0 aliphatic heterocycles. The molecular formula is C10H4Cl2NS. The molecule has 0 spiro atoms. The van der Waals surface area contributed by atoms with Gasteiger partial charge in [-0.3, -0.25) is 4.98 Å². The van der Waals surface area contributed by atoms with E-state index >= 15 is 0 Å². The van der Waals surface area contributed by atoms with Crippen LogP contribution in [0.5, 0.6) is 0 Å². The molecule has 0 saturated heterocycles. The maximum absolute atomic E-state index is 7.26. The summed E-state index contributed by atoms with van der Waals surface area (Å²) in [4.78, 5) is 4.90. The van der Waals surface area contributed by atoms with Crippen molar-refractivity contribution in [3.05, 3.63) is 40.7 Å². The van der Waals surface area contributed by atoms with Crippen molar-refractivity contribution in [3.8, 4) is 0 Å². The molecule has 69 valence electrons. The van der Waals surface area contributed by atoms with Gasteiger partial charge >= 0.3 is 0 Å². The standard InChI is InChI=1S/C10H4Cl2NS/c1-14-9-4-7(11)2-6-3-8(12)5-13-10(6)9/h2-5H. The minimum Gasteiger partial charge on any atom is -0.254 e. The van der Waals surface area contributed by atoms with Gasteiger partial charge in [0, 0.05) is 21.5 Å². The first-order valence-electron chi connectivity index (χ1n) is 3.79. The van der Waals surface area contributed by atoms with E-state index in [9.17, 15) is 0 Å². The molecule has 0 unspecified atom stereocenters. The Bertz CT molecular complexity index is 480. The van der Waals surface area contributed by atoms with E-state index in [2.05, 4.69) is 4.98 Å². The van der Waals surface area contributed by atoms with Crippen LogP contribution in [0.4, 0.5) is 0 Å². The molecular weight excluding hydrogens is 237 g/mol. The Morgan fingerprint density at radius 3 is 2.57 bits per heavy atom. The zero-order valence-corrected chi connectivity index (χ0v) is 9.25. The molecule has 1 aromatic heterocycles. The van der Waals surface area contributed by atoms with Crippen LogP contribution in [0, 0.1) is 6.26 Å². The lowest BCUT2D eigenvalue weighted by Gasteiger charge is -2.03. The summed E-state index contributed by atoms with van der Waals surface area (Å²) < 4.78 is 0. The number of benzene rings is 1. The molecule has 2 rings (SSSR count). The first-order valence-corrected chi connectivity index (χ1v) is 5.36. The molecule has 0 fully saturated rings. The Balaban J connectivity index is 2.81. The third kappa shape index (κ3) is 1.83. The summed E-state index contributed by atoms with van der Waals surface area (Å²) >= 11 is 12.6. The fourth-order valence-electron chi connectivity index (χ4n) is 1.23. The van der Waals surface area contributed by atoms with Gasteiger partial charge < -0.3 is 0 Å². The molecule has 14 heavy (non-hydrogen) atoms. The monoisotopic (exact) mass is 240 g/mol. The van der Waals surface area contributed by atoms with Crippen LogP contribution in [0.1, 0.15) is 0 Å². The van der Waals surface area contributed by atoms with Crippen LogP contribution < -0.4 is 0 Å². The van der Waals surface area contributed by atoms with Gasteiger partial charge in [-0.05, 0) is 18.2 Å². The number of hydrogen-bond acceptors (Lipinski definition) is 2. The summed E-state index contributed by atoms with van der Waals surface area (Å²) in [5.41, 5.74) is 0.763. The van der Waals surface area contributed by atoms with Crippen molar-refractivity contribution < 1.29 is 0 Å². The van der Waals surface area contributed by atoms with E-state index in [0.29, 0.717) is 10.0 Å². The highest BCUT2D eigenvalue weighted by atomic mass is 35.5. The number of halogens is 2. The minimum absolute atomic E-state index is 0.570. The molecule has 0 aliphatic carbocycles. The number of thioether (sulfide) groups is 1. The second-order valence-electron chi connectivity index (χ2n) is 2.73. The lowest BCUT2D eigenvalue weighted by molar-refractivity contribution is 1.35. The van der Waals surface area contributed by atoms with Crippen molar-refractivity contribution in [2.45, 2.75) is 4.90 Å². The Morgan fingerprint density at radius 2 is 1.86 bits per heavy atom. The van der Waals surface area contributed by atoms with E-state index < -0.39 is 0 Å². The zero-order valence-electron chi connectivity index (χ0n) is 6.92. The number of fused-ring (bicyclic) bond motifs is 1. The van der Waals surface area contributed by atoms with Crippen LogP contribution in [0.25, 0.3) is 10.9 Å². The molecule has 1 aromatic carbocycles. The first-order chi connectivity index (χ1) is 6.70. The van der Waals surface area contributed by atoms with E-state index in [-0.39, 0.29) is 0 Å². The highest BCUT2D eigenvalue weighted by Gasteiger charge is 2.04. The van der Waals surface area contributed by atoms with Gasteiger partial charge in [-0.2, -0.15) is 0 Å². The summed E-state index contributed by atoms with van der Waals surface area (Å²) in [6, 6.07) is 5.30. The van der Waals surface area contributed by atoms with E-state index in [0.717, 1.165) is 27.6 Å². The summed E-state index contributed by atoms with van der Waals surface area (Å²) in [7, 11) is 0.